The number of nitrogens with zero attached hydrogens (tertiary/aromatic N) is 1. The van der Waals surface area contributed by atoms with E-state index in [-0.39, 0.29) is 29.9 Å². The van der Waals surface area contributed by atoms with E-state index in [0.29, 0.717) is 30.4 Å². The van der Waals surface area contributed by atoms with Gasteiger partial charge in [0.15, 0.2) is 5.96 Å². The molecule has 26 heavy (non-hydrogen) atoms. The van der Waals surface area contributed by atoms with Crippen molar-refractivity contribution in [3.05, 3.63) is 29.8 Å². The van der Waals surface area contributed by atoms with E-state index in [1.165, 1.54) is 32.1 Å². The first-order valence-corrected chi connectivity index (χ1v) is 9.20. The molecular weight excluding hydrogens is 443 g/mol. The number of halogens is 1. The van der Waals surface area contributed by atoms with Crippen molar-refractivity contribution < 1.29 is 9.53 Å². The SMILES string of the molecule is CCNC(=NCCNC(=O)c1cccc(OC)c1)NC1CCCCC1.I. The molecule has 0 bridgehead atoms. The van der Waals surface area contributed by atoms with E-state index in [9.17, 15) is 4.79 Å². The number of ether oxygens (including phenoxy) is 1. The Bertz CT molecular complexity index is 574. The first-order chi connectivity index (χ1) is 12.2. The molecule has 1 aliphatic carbocycles. The molecule has 1 amide bonds. The zero-order valence-electron chi connectivity index (χ0n) is 15.7. The molecular formula is C19H31IN4O2. The van der Waals surface area contributed by atoms with Gasteiger partial charge < -0.3 is 20.7 Å². The average Bonchev–Trinajstić information content (AvgIpc) is 2.66. The van der Waals surface area contributed by atoms with Crippen LogP contribution in [0.3, 0.4) is 0 Å². The predicted molar refractivity (Wildman–Crippen MR) is 117 cm³/mol. The van der Waals surface area contributed by atoms with Crippen molar-refractivity contribution in [2.24, 2.45) is 4.99 Å². The molecule has 7 heteroatoms. The molecule has 6 nitrogen and oxygen atoms in total. The molecule has 1 fully saturated rings. The lowest BCUT2D eigenvalue weighted by Gasteiger charge is -2.24. The van der Waals surface area contributed by atoms with Crippen LogP contribution in [0.5, 0.6) is 5.75 Å². The fraction of sp³-hybridized carbons (Fsp3) is 0.579. The summed E-state index contributed by atoms with van der Waals surface area (Å²) in [6, 6.07) is 7.64. The molecule has 0 atom stereocenters. The second-order valence-electron chi connectivity index (χ2n) is 6.23. The van der Waals surface area contributed by atoms with Gasteiger partial charge in [-0.15, -0.1) is 24.0 Å². The van der Waals surface area contributed by atoms with Crippen LogP contribution in [0.15, 0.2) is 29.3 Å². The van der Waals surface area contributed by atoms with E-state index in [4.69, 9.17) is 4.74 Å². The Morgan fingerprint density at radius 3 is 2.69 bits per heavy atom. The summed E-state index contributed by atoms with van der Waals surface area (Å²) in [5.41, 5.74) is 0.593. The van der Waals surface area contributed by atoms with Gasteiger partial charge in [-0.05, 0) is 38.0 Å². The van der Waals surface area contributed by atoms with Crippen LogP contribution in [-0.4, -0.2) is 44.7 Å². The maximum atomic E-state index is 12.2. The third-order valence-electron chi connectivity index (χ3n) is 4.29. The lowest BCUT2D eigenvalue weighted by Crippen LogP contribution is -2.44. The van der Waals surface area contributed by atoms with Crippen molar-refractivity contribution in [3.8, 4) is 5.75 Å². The predicted octanol–water partition coefficient (Wildman–Crippen LogP) is 2.93. The number of nitrogens with one attached hydrogen (secondary N) is 3. The van der Waals surface area contributed by atoms with Crippen LogP contribution in [0, 0.1) is 0 Å². The third-order valence-corrected chi connectivity index (χ3v) is 4.29. The van der Waals surface area contributed by atoms with Crippen molar-refractivity contribution in [1.29, 1.82) is 0 Å². The van der Waals surface area contributed by atoms with Crippen LogP contribution in [0.4, 0.5) is 0 Å². The average molecular weight is 474 g/mol. The van der Waals surface area contributed by atoms with Gasteiger partial charge in [0.25, 0.3) is 5.91 Å². The zero-order chi connectivity index (χ0) is 17.9. The van der Waals surface area contributed by atoms with Crippen LogP contribution in [0.1, 0.15) is 49.4 Å². The highest BCUT2D eigenvalue weighted by Gasteiger charge is 2.14. The Morgan fingerprint density at radius 2 is 2.00 bits per heavy atom. The van der Waals surface area contributed by atoms with Gasteiger partial charge in [0.1, 0.15) is 5.75 Å². The number of aliphatic imine (C=N–C) groups is 1. The highest BCUT2D eigenvalue weighted by Crippen LogP contribution is 2.17. The fourth-order valence-corrected chi connectivity index (χ4v) is 2.96. The number of carbonyl (C=O) groups is 1. The van der Waals surface area contributed by atoms with Gasteiger partial charge in [-0.1, -0.05) is 25.3 Å². The molecule has 0 aliphatic heterocycles. The second-order valence-corrected chi connectivity index (χ2v) is 6.23. The molecule has 0 spiro atoms. The summed E-state index contributed by atoms with van der Waals surface area (Å²) in [5, 5.41) is 9.67. The molecule has 0 radical (unpaired) electrons. The summed E-state index contributed by atoms with van der Waals surface area (Å²) in [6.45, 7) is 3.92. The third kappa shape index (κ3) is 7.80. The van der Waals surface area contributed by atoms with Gasteiger partial charge >= 0.3 is 0 Å². The van der Waals surface area contributed by atoms with Gasteiger partial charge in [0.05, 0.1) is 13.7 Å². The lowest BCUT2D eigenvalue weighted by molar-refractivity contribution is 0.0954. The van der Waals surface area contributed by atoms with E-state index >= 15 is 0 Å². The smallest absolute Gasteiger partial charge is 0.251 e. The zero-order valence-corrected chi connectivity index (χ0v) is 18.0. The molecule has 1 aromatic carbocycles. The number of benzene rings is 1. The normalized spacial score (nSPS) is 14.9. The first kappa shape index (κ1) is 22.5. The highest BCUT2D eigenvalue weighted by atomic mass is 127. The Hall–Kier alpha value is -1.51. The van der Waals surface area contributed by atoms with Crippen LogP contribution < -0.4 is 20.7 Å². The number of methoxy groups -OCH3 is 1. The Kier molecular flexibility index (Phi) is 11.1. The van der Waals surface area contributed by atoms with Crippen molar-refractivity contribution in [2.45, 2.75) is 45.1 Å². The highest BCUT2D eigenvalue weighted by molar-refractivity contribution is 14.0. The fourth-order valence-electron chi connectivity index (χ4n) is 2.96. The number of amides is 1. The van der Waals surface area contributed by atoms with Crippen molar-refractivity contribution in [3.63, 3.8) is 0 Å². The molecule has 0 heterocycles. The number of rotatable bonds is 7. The van der Waals surface area contributed by atoms with E-state index in [2.05, 4.69) is 27.9 Å². The Morgan fingerprint density at radius 1 is 1.23 bits per heavy atom. The molecule has 0 aromatic heterocycles. The monoisotopic (exact) mass is 474 g/mol. The van der Waals surface area contributed by atoms with Gasteiger partial charge in [0.2, 0.25) is 0 Å². The van der Waals surface area contributed by atoms with Gasteiger partial charge in [-0.2, -0.15) is 0 Å². The number of carbonyl (C=O) groups excluding carboxylic acids is 1. The quantitative estimate of drug-likeness (QED) is 0.246. The summed E-state index contributed by atoms with van der Waals surface area (Å²) < 4.78 is 5.14. The van der Waals surface area contributed by atoms with E-state index in [0.717, 1.165) is 12.5 Å². The van der Waals surface area contributed by atoms with Crippen LogP contribution in [-0.2, 0) is 0 Å². The minimum absolute atomic E-state index is 0. The van der Waals surface area contributed by atoms with E-state index in [1.807, 2.05) is 12.1 Å². The Labute approximate surface area is 173 Å². The Balaban J connectivity index is 0.00000338. The molecule has 1 aromatic rings. The topological polar surface area (TPSA) is 74.8 Å². The summed E-state index contributed by atoms with van der Waals surface area (Å²) in [6.07, 6.45) is 6.32. The van der Waals surface area contributed by atoms with Crippen molar-refractivity contribution in [1.82, 2.24) is 16.0 Å². The summed E-state index contributed by atoms with van der Waals surface area (Å²) >= 11 is 0. The molecule has 0 saturated heterocycles. The molecule has 1 aliphatic rings. The van der Waals surface area contributed by atoms with Gasteiger partial charge in [0, 0.05) is 24.7 Å². The maximum absolute atomic E-state index is 12.2. The van der Waals surface area contributed by atoms with Gasteiger partial charge in [-0.25, -0.2) is 0 Å². The van der Waals surface area contributed by atoms with Crippen LogP contribution >= 0.6 is 24.0 Å². The summed E-state index contributed by atoms with van der Waals surface area (Å²) in [5.74, 6) is 1.40. The summed E-state index contributed by atoms with van der Waals surface area (Å²) in [4.78, 5) is 16.7. The standard InChI is InChI=1S/C19H30N4O2.HI/c1-3-20-19(23-16-9-5-4-6-10-16)22-13-12-21-18(24)15-8-7-11-17(14-15)25-2;/h7-8,11,14,16H,3-6,9-10,12-13H2,1-2H3,(H,21,24)(H2,20,22,23);1H. The largest absolute Gasteiger partial charge is 0.497 e. The second kappa shape index (κ2) is 12.8. The summed E-state index contributed by atoms with van der Waals surface area (Å²) in [7, 11) is 1.59. The molecule has 0 unspecified atom stereocenters. The van der Waals surface area contributed by atoms with Crippen molar-refractivity contribution >= 4 is 35.8 Å². The molecule has 146 valence electrons. The molecule has 1 saturated carbocycles. The van der Waals surface area contributed by atoms with E-state index in [1.54, 1.807) is 19.2 Å². The number of hydrogen-bond donors (Lipinski definition) is 3. The molecule has 2 rings (SSSR count). The lowest BCUT2D eigenvalue weighted by atomic mass is 9.96. The van der Waals surface area contributed by atoms with Gasteiger partial charge in [-0.3, -0.25) is 9.79 Å². The minimum atomic E-state index is -0.112. The van der Waals surface area contributed by atoms with Crippen LogP contribution in [0.2, 0.25) is 0 Å². The number of guanidine groups is 1. The molecule has 3 N–H and O–H groups in total. The van der Waals surface area contributed by atoms with Crippen LogP contribution in [0.25, 0.3) is 0 Å². The first-order valence-electron chi connectivity index (χ1n) is 9.20. The van der Waals surface area contributed by atoms with Crippen molar-refractivity contribution in [2.75, 3.05) is 26.7 Å². The number of hydrogen-bond acceptors (Lipinski definition) is 3. The minimum Gasteiger partial charge on any atom is -0.497 e. The maximum Gasteiger partial charge on any atom is 0.251 e. The van der Waals surface area contributed by atoms with E-state index < -0.39 is 0 Å².